The van der Waals surface area contributed by atoms with Crippen molar-refractivity contribution in [1.29, 1.82) is 0 Å². The van der Waals surface area contributed by atoms with Crippen LogP contribution in [0.3, 0.4) is 0 Å². The highest BCUT2D eigenvalue weighted by molar-refractivity contribution is 5.84. The average molecular weight is 651 g/mol. The number of fused-ring (bicyclic) bond motifs is 5. The minimum atomic E-state index is -5.61. The van der Waals surface area contributed by atoms with Crippen molar-refractivity contribution >= 4 is 0 Å². The number of hydrogen-bond donors (Lipinski definition) is 0. The number of quaternary nitrogens is 1. The third-order valence-corrected chi connectivity index (χ3v) is 11.3. The first-order chi connectivity index (χ1) is 21.8. The van der Waals surface area contributed by atoms with Gasteiger partial charge in [-0.2, -0.15) is 26.3 Å². The molecular formula is C40H42F6N+. The highest BCUT2D eigenvalue weighted by atomic mass is 19.4. The Morgan fingerprint density at radius 2 is 1.00 bits per heavy atom. The molecule has 0 aromatic heterocycles. The molecule has 1 aliphatic carbocycles. The molecule has 2 heterocycles. The highest BCUT2D eigenvalue weighted by Gasteiger charge is 2.72. The van der Waals surface area contributed by atoms with Gasteiger partial charge in [0.25, 0.3) is 0 Å². The van der Waals surface area contributed by atoms with Crippen molar-refractivity contribution in [2.24, 2.45) is 0 Å². The van der Waals surface area contributed by atoms with Crippen molar-refractivity contribution in [1.82, 2.24) is 0 Å². The van der Waals surface area contributed by atoms with E-state index in [2.05, 4.69) is 37.3 Å². The van der Waals surface area contributed by atoms with Crippen LogP contribution < -0.4 is 0 Å². The van der Waals surface area contributed by atoms with Crippen molar-refractivity contribution in [2.45, 2.75) is 76.6 Å². The van der Waals surface area contributed by atoms with Gasteiger partial charge in [-0.3, -0.25) is 0 Å². The molecule has 248 valence electrons. The predicted molar refractivity (Wildman–Crippen MR) is 176 cm³/mol. The average Bonchev–Trinajstić information content (AvgIpc) is 3.27. The van der Waals surface area contributed by atoms with Crippen molar-refractivity contribution in [3.63, 3.8) is 0 Å². The summed E-state index contributed by atoms with van der Waals surface area (Å²) in [4.78, 5) is 0. The molecule has 2 aliphatic heterocycles. The number of aryl methyl sites for hydroxylation is 2. The van der Waals surface area contributed by atoms with Crippen molar-refractivity contribution < 1.29 is 30.8 Å². The summed E-state index contributed by atoms with van der Waals surface area (Å²) < 4.78 is 89.3. The number of halogens is 6. The summed E-state index contributed by atoms with van der Waals surface area (Å²) >= 11 is 0. The minimum Gasteiger partial charge on any atom is -0.324 e. The summed E-state index contributed by atoms with van der Waals surface area (Å²) in [6.45, 7) is 8.43. The largest absolute Gasteiger partial charge is 0.411 e. The molecule has 0 bridgehead atoms. The molecular weight excluding hydrogens is 608 g/mol. The van der Waals surface area contributed by atoms with Crippen LogP contribution in [0, 0.1) is 13.8 Å². The van der Waals surface area contributed by atoms with Crippen LogP contribution >= 0.6 is 0 Å². The van der Waals surface area contributed by atoms with Gasteiger partial charge in [0.15, 0.2) is 0 Å². The van der Waals surface area contributed by atoms with Crippen LogP contribution in [0.4, 0.5) is 26.3 Å². The summed E-state index contributed by atoms with van der Waals surface area (Å²) in [5, 5.41) is 0. The standard InChI is InChI=1S/C39H38F6N.CH4/c1-26-6-12-30(13-7-26)37(38(40,41)42,39(43,44)45)31-14-9-28(10-15-31)29-11-17-33-32-16-8-27(2)24-34(32)36(35(33)25-29)18-22-46(23-19-36)20-4-3-5-21-46;/h6-17,24-25H,3-5,18-23H2,1-2H3;1H4/q+1;. The minimum absolute atomic E-state index is 0. The summed E-state index contributed by atoms with van der Waals surface area (Å²) in [5.41, 5.74) is 2.16. The molecule has 0 amide bonds. The molecule has 0 saturated carbocycles. The third-order valence-electron chi connectivity index (χ3n) is 11.3. The van der Waals surface area contributed by atoms with Gasteiger partial charge in [-0.1, -0.05) is 97.4 Å². The summed E-state index contributed by atoms with van der Waals surface area (Å²) in [6, 6.07) is 22.1. The van der Waals surface area contributed by atoms with E-state index in [1.807, 2.05) is 6.07 Å². The lowest BCUT2D eigenvalue weighted by Gasteiger charge is -2.50. The first kappa shape index (κ1) is 33.3. The quantitative estimate of drug-likeness (QED) is 0.153. The van der Waals surface area contributed by atoms with Gasteiger partial charge >= 0.3 is 12.4 Å². The van der Waals surface area contributed by atoms with Crippen LogP contribution in [0.2, 0.25) is 0 Å². The Morgan fingerprint density at radius 1 is 0.532 bits per heavy atom. The molecule has 4 aromatic carbocycles. The lowest BCUT2D eigenvalue weighted by molar-refractivity contribution is -0.937. The van der Waals surface area contributed by atoms with Crippen LogP contribution in [0.25, 0.3) is 22.3 Å². The smallest absolute Gasteiger partial charge is 0.324 e. The zero-order valence-corrected chi connectivity index (χ0v) is 26.2. The van der Waals surface area contributed by atoms with Crippen LogP contribution in [0.15, 0.2) is 84.9 Å². The molecule has 2 spiro atoms. The molecule has 4 aromatic rings. The Bertz CT molecular complexity index is 1730. The molecule has 0 N–H and O–H groups in total. The molecule has 0 unspecified atom stereocenters. The normalized spacial score (nSPS) is 18.5. The lowest BCUT2D eigenvalue weighted by atomic mass is 9.69. The van der Waals surface area contributed by atoms with Gasteiger partial charge < -0.3 is 4.48 Å². The summed E-state index contributed by atoms with van der Waals surface area (Å²) in [6.07, 6.45) is -5.33. The number of nitrogens with zero attached hydrogens (tertiary/aromatic N) is 1. The monoisotopic (exact) mass is 650 g/mol. The summed E-state index contributed by atoms with van der Waals surface area (Å²) in [7, 11) is 0. The van der Waals surface area contributed by atoms with Crippen LogP contribution in [0.1, 0.15) is 72.9 Å². The maximum atomic E-state index is 14.7. The van der Waals surface area contributed by atoms with E-state index in [0.29, 0.717) is 11.1 Å². The SMILES string of the molecule is C.Cc1ccc(C(c2ccc(-c3ccc4c(c3)C3(CC[N+]5(CCCCC5)CC3)c3cc(C)ccc3-4)cc2)(C(F)(F)F)C(F)(F)F)cc1. The maximum absolute atomic E-state index is 14.7. The van der Waals surface area contributed by atoms with Crippen LogP contribution in [0.5, 0.6) is 0 Å². The number of hydrogen-bond acceptors (Lipinski definition) is 0. The Hall–Kier alpha value is -3.58. The van der Waals surface area contributed by atoms with Gasteiger partial charge in [-0.05, 0) is 83.7 Å². The fourth-order valence-electron chi connectivity index (χ4n) is 8.75. The molecule has 0 atom stereocenters. The van der Waals surface area contributed by atoms with Gasteiger partial charge in [0.1, 0.15) is 0 Å². The van der Waals surface area contributed by atoms with E-state index in [9.17, 15) is 26.3 Å². The zero-order chi connectivity index (χ0) is 32.5. The number of piperidine rings is 2. The first-order valence-electron chi connectivity index (χ1n) is 16.2. The molecule has 7 heteroatoms. The second-order valence-corrected chi connectivity index (χ2v) is 13.9. The zero-order valence-electron chi connectivity index (χ0n) is 26.2. The van der Waals surface area contributed by atoms with E-state index in [4.69, 9.17) is 0 Å². The Labute approximate surface area is 273 Å². The summed E-state index contributed by atoms with van der Waals surface area (Å²) in [5.74, 6) is 0. The maximum Gasteiger partial charge on any atom is 0.411 e. The topological polar surface area (TPSA) is 0 Å². The van der Waals surface area contributed by atoms with E-state index in [1.165, 1.54) is 88.9 Å². The van der Waals surface area contributed by atoms with E-state index in [1.54, 1.807) is 6.92 Å². The van der Waals surface area contributed by atoms with Gasteiger partial charge in [0.05, 0.1) is 26.2 Å². The van der Waals surface area contributed by atoms with Crippen molar-refractivity contribution in [3.05, 3.63) is 118 Å². The van der Waals surface area contributed by atoms with Gasteiger partial charge in [-0.15, -0.1) is 0 Å². The van der Waals surface area contributed by atoms with Crippen LogP contribution in [-0.2, 0) is 10.8 Å². The Balaban J connectivity index is 0.00000386. The van der Waals surface area contributed by atoms with Gasteiger partial charge in [0.2, 0.25) is 5.41 Å². The van der Waals surface area contributed by atoms with E-state index in [0.717, 1.165) is 55.8 Å². The fourth-order valence-corrected chi connectivity index (χ4v) is 8.75. The van der Waals surface area contributed by atoms with E-state index in [-0.39, 0.29) is 12.8 Å². The molecule has 47 heavy (non-hydrogen) atoms. The molecule has 0 radical (unpaired) electrons. The third kappa shape index (κ3) is 5.11. The lowest BCUT2D eigenvalue weighted by Crippen LogP contribution is -2.58. The molecule has 2 fully saturated rings. The number of rotatable bonds is 3. The van der Waals surface area contributed by atoms with Crippen molar-refractivity contribution in [2.75, 3.05) is 26.2 Å². The second kappa shape index (κ2) is 11.5. The number of benzene rings is 4. The fraction of sp³-hybridized carbons (Fsp3) is 0.400. The second-order valence-electron chi connectivity index (χ2n) is 13.9. The van der Waals surface area contributed by atoms with Crippen LogP contribution in [-0.4, -0.2) is 43.0 Å². The Morgan fingerprint density at radius 3 is 1.55 bits per heavy atom. The van der Waals surface area contributed by atoms with Gasteiger partial charge in [-0.25, -0.2) is 0 Å². The highest BCUT2D eigenvalue weighted by Crippen LogP contribution is 2.58. The number of alkyl halides is 6. The molecule has 1 nitrogen and oxygen atoms in total. The Kier molecular flexibility index (Phi) is 8.18. The molecule has 2 saturated heterocycles. The van der Waals surface area contributed by atoms with E-state index < -0.39 is 28.9 Å². The van der Waals surface area contributed by atoms with E-state index >= 15 is 0 Å². The van der Waals surface area contributed by atoms with Crippen molar-refractivity contribution in [3.8, 4) is 22.3 Å². The molecule has 3 aliphatic rings. The first-order valence-corrected chi connectivity index (χ1v) is 16.2. The van der Waals surface area contributed by atoms with Gasteiger partial charge in [0, 0.05) is 18.3 Å². The predicted octanol–water partition coefficient (Wildman–Crippen LogP) is 11.1. The molecule has 7 rings (SSSR count).